The van der Waals surface area contributed by atoms with Crippen molar-refractivity contribution >= 4 is 22.4 Å². The summed E-state index contributed by atoms with van der Waals surface area (Å²) in [6, 6.07) is 10.1. The molecule has 0 spiro atoms. The van der Waals surface area contributed by atoms with E-state index in [2.05, 4.69) is 9.97 Å². The van der Waals surface area contributed by atoms with Crippen molar-refractivity contribution in [2.75, 3.05) is 18.1 Å². The highest BCUT2D eigenvalue weighted by Crippen LogP contribution is 2.34. The minimum absolute atomic E-state index is 0.112. The molecule has 9 heteroatoms. The molecule has 1 saturated heterocycles. The van der Waals surface area contributed by atoms with Gasteiger partial charge < -0.3 is 4.74 Å². The molecule has 30 heavy (non-hydrogen) atoms. The summed E-state index contributed by atoms with van der Waals surface area (Å²) in [7, 11) is 0. The molecule has 0 unspecified atom stereocenters. The van der Waals surface area contributed by atoms with Crippen LogP contribution >= 0.6 is 11.3 Å². The number of carbonyl (C=O) groups is 1. The van der Waals surface area contributed by atoms with E-state index in [-0.39, 0.29) is 17.7 Å². The quantitative estimate of drug-likeness (QED) is 0.565. The van der Waals surface area contributed by atoms with Crippen LogP contribution in [-0.4, -0.2) is 35.1 Å². The zero-order valence-electron chi connectivity index (χ0n) is 15.8. The highest BCUT2D eigenvalue weighted by atomic mass is 32.1. The number of carbonyl (C=O) groups excluding carboxylic acids is 1. The standard InChI is InChI=1S/C21H18F3N3O2S/c22-21(23,24)15-6-3-5-14(11-15)18-13-30-20(26-18)27(12-16-7-4-10-29-16)19(28)17-8-1-2-9-25-17/h1-3,5-6,8-9,11,13,16H,4,7,10,12H2/t16-/m0/s1. The molecule has 1 atom stereocenters. The monoisotopic (exact) mass is 433 g/mol. The SMILES string of the molecule is O=C(c1ccccn1)N(C[C@@H]1CCCO1)c1nc(-c2cccc(C(F)(F)F)c2)cs1. The molecule has 1 aromatic carbocycles. The third-order valence-electron chi connectivity index (χ3n) is 4.75. The number of nitrogens with zero attached hydrogens (tertiary/aromatic N) is 3. The number of ether oxygens (including phenoxy) is 1. The van der Waals surface area contributed by atoms with Gasteiger partial charge in [0.2, 0.25) is 0 Å². The van der Waals surface area contributed by atoms with Crippen molar-refractivity contribution in [3.8, 4) is 11.3 Å². The van der Waals surface area contributed by atoms with E-state index in [0.29, 0.717) is 29.5 Å². The zero-order valence-corrected chi connectivity index (χ0v) is 16.6. The Morgan fingerprint density at radius 2 is 2.10 bits per heavy atom. The van der Waals surface area contributed by atoms with Crippen LogP contribution in [0.1, 0.15) is 28.9 Å². The predicted molar refractivity (Wildman–Crippen MR) is 107 cm³/mol. The molecule has 0 saturated carbocycles. The van der Waals surface area contributed by atoms with E-state index in [4.69, 9.17) is 4.74 Å². The van der Waals surface area contributed by atoms with E-state index in [0.717, 1.165) is 25.0 Å². The van der Waals surface area contributed by atoms with Gasteiger partial charge >= 0.3 is 6.18 Å². The largest absolute Gasteiger partial charge is 0.416 e. The van der Waals surface area contributed by atoms with Crippen LogP contribution in [0.4, 0.5) is 18.3 Å². The first-order valence-electron chi connectivity index (χ1n) is 9.39. The Hall–Kier alpha value is -2.78. The molecule has 3 heterocycles. The van der Waals surface area contributed by atoms with Gasteiger partial charge in [0, 0.05) is 23.7 Å². The van der Waals surface area contributed by atoms with Crippen LogP contribution in [0.5, 0.6) is 0 Å². The molecule has 156 valence electrons. The van der Waals surface area contributed by atoms with E-state index in [1.54, 1.807) is 29.6 Å². The van der Waals surface area contributed by atoms with Crippen LogP contribution in [0.15, 0.2) is 54.0 Å². The van der Waals surface area contributed by atoms with Gasteiger partial charge in [-0.05, 0) is 37.1 Å². The topological polar surface area (TPSA) is 55.3 Å². The number of anilines is 1. The summed E-state index contributed by atoms with van der Waals surface area (Å²) >= 11 is 1.20. The summed E-state index contributed by atoms with van der Waals surface area (Å²) in [5.74, 6) is -0.323. The number of rotatable bonds is 5. The van der Waals surface area contributed by atoms with Crippen LogP contribution in [0.3, 0.4) is 0 Å². The number of benzene rings is 1. The second kappa shape index (κ2) is 8.53. The molecule has 4 rings (SSSR count). The van der Waals surface area contributed by atoms with Crippen molar-refractivity contribution in [1.82, 2.24) is 9.97 Å². The fourth-order valence-electron chi connectivity index (χ4n) is 3.24. The third kappa shape index (κ3) is 4.52. The maximum Gasteiger partial charge on any atom is 0.416 e. The number of hydrogen-bond donors (Lipinski definition) is 0. The van der Waals surface area contributed by atoms with Gasteiger partial charge in [0.25, 0.3) is 5.91 Å². The molecule has 1 amide bonds. The predicted octanol–water partition coefficient (Wildman–Crippen LogP) is 5.05. The first kappa shape index (κ1) is 20.5. The summed E-state index contributed by atoms with van der Waals surface area (Å²) in [5, 5.41) is 2.05. The van der Waals surface area contributed by atoms with Crippen LogP contribution < -0.4 is 4.90 Å². The fraction of sp³-hybridized carbons (Fsp3) is 0.286. The highest BCUT2D eigenvalue weighted by molar-refractivity contribution is 7.14. The van der Waals surface area contributed by atoms with E-state index in [1.807, 2.05) is 0 Å². The summed E-state index contributed by atoms with van der Waals surface area (Å²) < 4.78 is 44.8. The van der Waals surface area contributed by atoms with Crippen LogP contribution in [0, 0.1) is 0 Å². The van der Waals surface area contributed by atoms with Crippen molar-refractivity contribution in [1.29, 1.82) is 0 Å². The molecule has 3 aromatic rings. The van der Waals surface area contributed by atoms with Crippen molar-refractivity contribution in [2.45, 2.75) is 25.1 Å². The van der Waals surface area contributed by atoms with Gasteiger partial charge in [0.15, 0.2) is 5.13 Å². The van der Waals surface area contributed by atoms with Crippen molar-refractivity contribution in [3.63, 3.8) is 0 Å². The number of thiazole rings is 1. The van der Waals surface area contributed by atoms with Gasteiger partial charge in [0.1, 0.15) is 5.69 Å². The number of alkyl halides is 3. The molecule has 1 aliphatic heterocycles. The van der Waals surface area contributed by atoms with Crippen molar-refractivity contribution in [2.24, 2.45) is 0 Å². The minimum Gasteiger partial charge on any atom is -0.376 e. The average Bonchev–Trinajstić information content (AvgIpc) is 3.44. The smallest absolute Gasteiger partial charge is 0.376 e. The number of pyridine rings is 1. The molecule has 0 aliphatic carbocycles. The summed E-state index contributed by atoms with van der Waals surface area (Å²) in [4.78, 5) is 23.2. The lowest BCUT2D eigenvalue weighted by molar-refractivity contribution is -0.137. The number of amides is 1. The Labute approximate surface area is 175 Å². The van der Waals surface area contributed by atoms with Crippen molar-refractivity contribution < 1.29 is 22.7 Å². The van der Waals surface area contributed by atoms with Gasteiger partial charge in [-0.15, -0.1) is 11.3 Å². The first-order chi connectivity index (χ1) is 14.4. The second-order valence-electron chi connectivity index (χ2n) is 6.86. The van der Waals surface area contributed by atoms with Gasteiger partial charge in [-0.2, -0.15) is 13.2 Å². The molecule has 0 bridgehead atoms. The summed E-state index contributed by atoms with van der Waals surface area (Å²) in [6.45, 7) is 0.953. The Kier molecular flexibility index (Phi) is 5.83. The molecular formula is C21H18F3N3O2S. The zero-order chi connectivity index (χ0) is 21.1. The lowest BCUT2D eigenvalue weighted by atomic mass is 10.1. The molecule has 0 N–H and O–H groups in total. The minimum atomic E-state index is -4.43. The lowest BCUT2D eigenvalue weighted by Crippen LogP contribution is -2.37. The first-order valence-corrected chi connectivity index (χ1v) is 10.3. The molecule has 1 fully saturated rings. The van der Waals surface area contributed by atoms with Gasteiger partial charge in [-0.25, -0.2) is 4.98 Å². The van der Waals surface area contributed by atoms with Crippen LogP contribution in [0.2, 0.25) is 0 Å². The van der Waals surface area contributed by atoms with Gasteiger partial charge in [-0.1, -0.05) is 18.2 Å². The maximum absolute atomic E-state index is 13.1. The number of halogens is 3. The molecule has 1 aliphatic rings. The Balaban J connectivity index is 1.65. The summed E-state index contributed by atoms with van der Waals surface area (Å²) in [6.07, 6.45) is -1.26. The highest BCUT2D eigenvalue weighted by Gasteiger charge is 2.31. The lowest BCUT2D eigenvalue weighted by Gasteiger charge is -2.22. The van der Waals surface area contributed by atoms with E-state index in [9.17, 15) is 18.0 Å². The Bertz CT molecular complexity index is 1020. The summed E-state index contributed by atoms with van der Waals surface area (Å²) in [5.41, 5.74) is 0.253. The van der Waals surface area contributed by atoms with Crippen LogP contribution in [-0.2, 0) is 10.9 Å². The normalized spacial score (nSPS) is 16.6. The van der Waals surface area contributed by atoms with Crippen LogP contribution in [0.25, 0.3) is 11.3 Å². The molecule has 0 radical (unpaired) electrons. The second-order valence-corrected chi connectivity index (χ2v) is 7.70. The van der Waals surface area contributed by atoms with E-state index < -0.39 is 11.7 Å². The molecule has 2 aromatic heterocycles. The maximum atomic E-state index is 13.1. The molecular weight excluding hydrogens is 415 g/mol. The third-order valence-corrected chi connectivity index (χ3v) is 5.61. The Morgan fingerprint density at radius 3 is 2.80 bits per heavy atom. The number of aromatic nitrogens is 2. The average molecular weight is 433 g/mol. The Morgan fingerprint density at radius 1 is 1.23 bits per heavy atom. The van der Waals surface area contributed by atoms with Gasteiger partial charge in [-0.3, -0.25) is 14.7 Å². The van der Waals surface area contributed by atoms with Gasteiger partial charge in [0.05, 0.1) is 23.9 Å². The van der Waals surface area contributed by atoms with E-state index >= 15 is 0 Å². The fourth-order valence-corrected chi connectivity index (χ4v) is 4.08. The van der Waals surface area contributed by atoms with Crippen molar-refractivity contribution in [3.05, 3.63) is 65.3 Å². The number of hydrogen-bond acceptors (Lipinski definition) is 5. The molecule has 5 nitrogen and oxygen atoms in total. The van der Waals surface area contributed by atoms with E-state index in [1.165, 1.54) is 28.5 Å².